The number of nitrogens with one attached hydrogen (secondary N) is 1. The molecule has 1 rings (SSSR count). The number of carbonyl (C=O) groups excluding carboxylic acids is 2. The van der Waals surface area contributed by atoms with Crippen LogP contribution in [0.2, 0.25) is 0 Å². The van der Waals surface area contributed by atoms with Gasteiger partial charge in [0.1, 0.15) is 5.69 Å². The van der Waals surface area contributed by atoms with Gasteiger partial charge < -0.3 is 33.7 Å². The van der Waals surface area contributed by atoms with Crippen molar-refractivity contribution in [2.24, 2.45) is 0 Å². The second-order valence-corrected chi connectivity index (χ2v) is 11.0. The number of thioether (sulfide) groups is 1. The van der Waals surface area contributed by atoms with Gasteiger partial charge in [-0.2, -0.15) is 0 Å². The number of carbonyl (C=O) groups is 2. The third kappa shape index (κ3) is 26.1. The zero-order valence-corrected chi connectivity index (χ0v) is 26.7. The Kier molecular flexibility index (Phi) is 26.9. The van der Waals surface area contributed by atoms with E-state index in [4.69, 9.17) is 28.4 Å². The highest BCUT2D eigenvalue weighted by atomic mass is 32.2. The summed E-state index contributed by atoms with van der Waals surface area (Å²) in [5.74, 6) is 0.990. The number of methoxy groups -OCH3 is 1. The average molecular weight is 619 g/mol. The molecule has 0 saturated heterocycles. The van der Waals surface area contributed by atoms with Crippen molar-refractivity contribution in [1.82, 2.24) is 20.3 Å². The van der Waals surface area contributed by atoms with E-state index < -0.39 is 0 Å². The summed E-state index contributed by atoms with van der Waals surface area (Å²) in [6, 6.07) is 0. The lowest BCUT2D eigenvalue weighted by Gasteiger charge is -2.08. The van der Waals surface area contributed by atoms with Crippen LogP contribution in [0.3, 0.4) is 0 Å². The van der Waals surface area contributed by atoms with Gasteiger partial charge in [-0.15, -0.1) is 5.10 Å². The van der Waals surface area contributed by atoms with Gasteiger partial charge in [0, 0.05) is 26.2 Å². The Balaban J connectivity index is 1.85. The lowest BCUT2D eigenvalue weighted by atomic mass is 10.1. The molecule has 0 aromatic carbocycles. The third-order valence-corrected chi connectivity index (χ3v) is 6.94. The van der Waals surface area contributed by atoms with Crippen molar-refractivity contribution in [1.29, 1.82) is 0 Å². The molecular weight excluding hydrogens is 564 g/mol. The summed E-state index contributed by atoms with van der Waals surface area (Å²) in [7, 11) is 1.64. The van der Waals surface area contributed by atoms with Crippen molar-refractivity contribution >= 4 is 22.8 Å². The number of aromatic nitrogens is 3. The van der Waals surface area contributed by atoms with Gasteiger partial charge in [0.25, 0.3) is 0 Å². The van der Waals surface area contributed by atoms with E-state index in [-0.39, 0.29) is 11.0 Å². The standard InChI is InChI=1S/C29H54N4O8S/c1-27(34)42-24-10-8-6-4-3-5-7-9-11-29(35)30-25-28-26-33(32-31-28)12-13-37-16-17-39-20-21-41-23-22-40-19-18-38-15-14-36-2/h26H,3-25H2,1-2H3,(H,30,35). The number of unbranched alkanes of at least 4 members (excludes halogenated alkanes) is 7. The fourth-order valence-corrected chi connectivity index (χ4v) is 4.39. The van der Waals surface area contributed by atoms with Crippen LogP contribution >= 0.6 is 11.8 Å². The van der Waals surface area contributed by atoms with E-state index in [2.05, 4.69) is 15.6 Å². The van der Waals surface area contributed by atoms with Crippen molar-refractivity contribution in [3.8, 4) is 0 Å². The first-order chi connectivity index (χ1) is 20.6. The molecule has 0 aliphatic carbocycles. The van der Waals surface area contributed by atoms with Crippen LogP contribution in [0, 0.1) is 0 Å². The van der Waals surface area contributed by atoms with Crippen LogP contribution < -0.4 is 5.32 Å². The van der Waals surface area contributed by atoms with Crippen molar-refractivity contribution in [3.63, 3.8) is 0 Å². The summed E-state index contributed by atoms with van der Waals surface area (Å²) in [5, 5.41) is 11.3. The van der Waals surface area contributed by atoms with Crippen LogP contribution in [0.25, 0.3) is 0 Å². The maximum Gasteiger partial charge on any atom is 0.220 e. The Labute approximate surface area is 256 Å². The Morgan fingerprint density at radius 3 is 1.79 bits per heavy atom. The van der Waals surface area contributed by atoms with E-state index in [0.29, 0.717) is 92.2 Å². The Hall–Kier alpha value is -1.61. The lowest BCUT2D eigenvalue weighted by molar-refractivity contribution is -0.121. The molecule has 0 aliphatic rings. The van der Waals surface area contributed by atoms with E-state index in [9.17, 15) is 9.59 Å². The first kappa shape index (κ1) is 38.4. The van der Waals surface area contributed by atoms with Gasteiger partial charge in [-0.3, -0.25) is 9.59 Å². The molecule has 0 aliphatic heterocycles. The summed E-state index contributed by atoms with van der Waals surface area (Å²) in [5.41, 5.74) is 0.731. The fraction of sp³-hybridized carbons (Fsp3) is 0.862. The van der Waals surface area contributed by atoms with Crippen LogP contribution in [-0.2, 0) is 51.1 Å². The number of ether oxygens (including phenoxy) is 6. The predicted octanol–water partition coefficient (Wildman–Crippen LogP) is 3.41. The quantitative estimate of drug-likeness (QED) is 0.123. The molecule has 0 atom stereocenters. The summed E-state index contributed by atoms with van der Waals surface area (Å²) < 4.78 is 33.8. The topological polar surface area (TPSA) is 132 Å². The molecule has 1 amide bonds. The van der Waals surface area contributed by atoms with Crippen molar-refractivity contribution < 1.29 is 38.0 Å². The molecule has 0 radical (unpaired) electrons. The second kappa shape index (κ2) is 29.5. The zero-order chi connectivity index (χ0) is 30.4. The van der Waals surface area contributed by atoms with Crippen LogP contribution in [-0.4, -0.2) is 112 Å². The second-order valence-electron chi connectivity index (χ2n) is 9.72. The van der Waals surface area contributed by atoms with Gasteiger partial charge >= 0.3 is 0 Å². The molecule has 0 bridgehead atoms. The maximum atomic E-state index is 12.1. The minimum absolute atomic E-state index is 0.0501. The highest BCUT2D eigenvalue weighted by molar-refractivity contribution is 8.13. The van der Waals surface area contributed by atoms with Gasteiger partial charge in [-0.05, 0) is 12.8 Å². The number of hydrogen-bond acceptors (Lipinski definition) is 11. The molecule has 0 fully saturated rings. The van der Waals surface area contributed by atoms with Crippen molar-refractivity contribution in [3.05, 3.63) is 11.9 Å². The molecule has 0 spiro atoms. The van der Waals surface area contributed by atoms with Crippen LogP contribution in [0.15, 0.2) is 6.20 Å². The monoisotopic (exact) mass is 618 g/mol. The largest absolute Gasteiger partial charge is 0.382 e. The van der Waals surface area contributed by atoms with Gasteiger partial charge in [0.15, 0.2) is 5.12 Å². The van der Waals surface area contributed by atoms with E-state index in [1.165, 1.54) is 37.4 Å². The maximum absolute atomic E-state index is 12.1. The molecule has 244 valence electrons. The molecule has 12 nitrogen and oxygen atoms in total. The lowest BCUT2D eigenvalue weighted by Crippen LogP contribution is -2.22. The van der Waals surface area contributed by atoms with E-state index in [0.717, 1.165) is 37.1 Å². The molecule has 1 N–H and O–H groups in total. The van der Waals surface area contributed by atoms with Crippen LogP contribution in [0.5, 0.6) is 0 Å². The van der Waals surface area contributed by atoms with Crippen molar-refractivity contribution in [2.45, 2.75) is 77.8 Å². The molecule has 0 unspecified atom stereocenters. The van der Waals surface area contributed by atoms with E-state index >= 15 is 0 Å². The Morgan fingerprint density at radius 2 is 1.24 bits per heavy atom. The smallest absolute Gasteiger partial charge is 0.220 e. The van der Waals surface area contributed by atoms with Gasteiger partial charge in [-0.25, -0.2) is 4.68 Å². The minimum atomic E-state index is 0.0501. The predicted molar refractivity (Wildman–Crippen MR) is 163 cm³/mol. The number of rotatable bonds is 31. The van der Waals surface area contributed by atoms with E-state index in [1.807, 2.05) is 6.20 Å². The SMILES string of the molecule is COCCOCCOCCOCCOCCOCCn1cc(CNC(=O)CCCCCCCCCCSC(C)=O)nn1. The van der Waals surface area contributed by atoms with Gasteiger partial charge in [-0.1, -0.05) is 55.5 Å². The minimum Gasteiger partial charge on any atom is -0.382 e. The molecule has 0 saturated carbocycles. The van der Waals surface area contributed by atoms with Crippen LogP contribution in [0.4, 0.5) is 0 Å². The summed E-state index contributed by atoms with van der Waals surface area (Å²) in [6.07, 6.45) is 11.5. The first-order valence-corrected chi connectivity index (χ1v) is 16.3. The van der Waals surface area contributed by atoms with Crippen LogP contribution in [0.1, 0.15) is 70.4 Å². The number of hydrogen-bond donors (Lipinski definition) is 1. The molecule has 13 heteroatoms. The Bertz CT molecular complexity index is 772. The molecular formula is C29H54N4O8S. The molecule has 1 aromatic rings. The number of amides is 1. The first-order valence-electron chi connectivity index (χ1n) is 15.3. The number of nitrogens with zero attached hydrogens (tertiary/aromatic N) is 3. The highest BCUT2D eigenvalue weighted by Gasteiger charge is 2.05. The molecule has 1 heterocycles. The summed E-state index contributed by atoms with van der Waals surface area (Å²) in [6.45, 7) is 8.40. The molecule has 1 aromatic heterocycles. The van der Waals surface area contributed by atoms with Crippen molar-refractivity contribution in [2.75, 3.05) is 85.5 Å². The zero-order valence-electron chi connectivity index (χ0n) is 25.9. The summed E-state index contributed by atoms with van der Waals surface area (Å²) >= 11 is 1.42. The molecule has 42 heavy (non-hydrogen) atoms. The average Bonchev–Trinajstić information content (AvgIpc) is 3.44. The Morgan fingerprint density at radius 1 is 0.738 bits per heavy atom. The highest BCUT2D eigenvalue weighted by Crippen LogP contribution is 2.12. The summed E-state index contributed by atoms with van der Waals surface area (Å²) in [4.78, 5) is 23.0. The normalized spacial score (nSPS) is 11.3. The van der Waals surface area contributed by atoms with Gasteiger partial charge in [0.05, 0.1) is 92.0 Å². The van der Waals surface area contributed by atoms with Gasteiger partial charge in [0.2, 0.25) is 5.91 Å². The fourth-order valence-electron chi connectivity index (χ4n) is 3.75. The van der Waals surface area contributed by atoms with E-state index in [1.54, 1.807) is 18.7 Å². The third-order valence-electron chi connectivity index (χ3n) is 6.04.